The maximum Gasteiger partial charge on any atom is 0.292 e. The van der Waals surface area contributed by atoms with Gasteiger partial charge in [0.25, 0.3) is 5.69 Å². The molecule has 1 rings (SSSR count). The maximum atomic E-state index is 10.9. The van der Waals surface area contributed by atoms with Gasteiger partial charge in [0.2, 0.25) is 0 Å². The van der Waals surface area contributed by atoms with E-state index in [9.17, 15) is 10.1 Å². The van der Waals surface area contributed by atoms with Crippen molar-refractivity contribution < 1.29 is 9.66 Å². The first-order chi connectivity index (χ1) is 7.70. The average Bonchev–Trinajstić information content (AvgIpc) is 2.30. The van der Waals surface area contributed by atoms with Gasteiger partial charge >= 0.3 is 0 Å². The summed E-state index contributed by atoms with van der Waals surface area (Å²) in [6, 6.07) is 6.76. The first-order valence-electron chi connectivity index (χ1n) is 5.18. The molecule has 0 spiro atoms. The number of hydrogen-bond acceptors (Lipinski definition) is 4. The predicted octanol–water partition coefficient (Wildman–Crippen LogP) is 2.07. The zero-order valence-electron chi connectivity index (χ0n) is 9.55. The van der Waals surface area contributed by atoms with Crippen LogP contribution in [0.4, 0.5) is 11.4 Å². The quantitative estimate of drug-likeness (QED) is 0.548. The topological polar surface area (TPSA) is 55.6 Å². The van der Waals surface area contributed by atoms with Crippen LogP contribution in [-0.4, -0.2) is 31.7 Å². The molecule has 0 N–H and O–H groups in total. The summed E-state index contributed by atoms with van der Waals surface area (Å²) in [6.45, 7) is 3.89. The van der Waals surface area contributed by atoms with Crippen molar-refractivity contribution >= 4 is 11.4 Å². The van der Waals surface area contributed by atoms with Crippen molar-refractivity contribution in [1.29, 1.82) is 0 Å². The summed E-state index contributed by atoms with van der Waals surface area (Å²) in [5, 5.41) is 10.9. The maximum absolute atomic E-state index is 10.9. The van der Waals surface area contributed by atoms with Crippen LogP contribution in [0.1, 0.15) is 6.92 Å². The number of para-hydroxylation sites is 2. The van der Waals surface area contributed by atoms with Crippen LogP contribution in [0.3, 0.4) is 0 Å². The number of likely N-dealkylation sites (N-methyl/N-ethyl adjacent to an activating group) is 1. The van der Waals surface area contributed by atoms with Crippen molar-refractivity contribution in [2.24, 2.45) is 0 Å². The van der Waals surface area contributed by atoms with Crippen LogP contribution in [0.5, 0.6) is 0 Å². The predicted molar refractivity (Wildman–Crippen MR) is 62.9 cm³/mol. The molecule has 1 aromatic carbocycles. The summed E-state index contributed by atoms with van der Waals surface area (Å²) in [5.41, 5.74) is 0.785. The number of anilines is 1. The first kappa shape index (κ1) is 12.4. The molecule has 0 radical (unpaired) electrons. The number of rotatable bonds is 6. The molecule has 0 amide bonds. The van der Waals surface area contributed by atoms with E-state index in [0.717, 1.165) is 0 Å². The van der Waals surface area contributed by atoms with Gasteiger partial charge < -0.3 is 9.64 Å². The highest BCUT2D eigenvalue weighted by molar-refractivity contribution is 5.62. The minimum absolute atomic E-state index is 0.139. The van der Waals surface area contributed by atoms with Gasteiger partial charge in [-0.05, 0) is 13.0 Å². The summed E-state index contributed by atoms with van der Waals surface area (Å²) in [6.07, 6.45) is 0. The van der Waals surface area contributed by atoms with Gasteiger partial charge in [0.15, 0.2) is 0 Å². The molecular formula is C11H16N2O3. The third kappa shape index (κ3) is 2.93. The Bertz CT molecular complexity index is 355. The molecule has 88 valence electrons. The van der Waals surface area contributed by atoms with E-state index in [1.165, 1.54) is 6.07 Å². The zero-order valence-corrected chi connectivity index (χ0v) is 9.55. The SMILES string of the molecule is CCN(CCOC)c1ccccc1[N+](=O)[O-]. The van der Waals surface area contributed by atoms with Crippen molar-refractivity contribution in [3.05, 3.63) is 34.4 Å². The third-order valence-corrected chi connectivity index (χ3v) is 2.37. The van der Waals surface area contributed by atoms with Gasteiger partial charge in [0.1, 0.15) is 5.69 Å². The number of methoxy groups -OCH3 is 1. The molecule has 0 fully saturated rings. The van der Waals surface area contributed by atoms with E-state index in [4.69, 9.17) is 4.74 Å². The first-order valence-corrected chi connectivity index (χ1v) is 5.18. The minimum Gasteiger partial charge on any atom is -0.383 e. The Balaban J connectivity index is 2.94. The lowest BCUT2D eigenvalue weighted by Gasteiger charge is -2.22. The van der Waals surface area contributed by atoms with Gasteiger partial charge in [-0.2, -0.15) is 0 Å². The van der Waals surface area contributed by atoms with Crippen LogP contribution >= 0.6 is 0 Å². The second kappa shape index (κ2) is 6.07. The largest absolute Gasteiger partial charge is 0.383 e. The lowest BCUT2D eigenvalue weighted by Crippen LogP contribution is -2.27. The van der Waals surface area contributed by atoms with Crippen LogP contribution in [0.2, 0.25) is 0 Å². The Hall–Kier alpha value is -1.62. The average molecular weight is 224 g/mol. The van der Waals surface area contributed by atoms with Crippen molar-refractivity contribution in [3.8, 4) is 0 Å². The van der Waals surface area contributed by atoms with Crippen molar-refractivity contribution in [2.75, 3.05) is 31.7 Å². The molecule has 0 bridgehead atoms. The molecule has 0 aliphatic carbocycles. The van der Waals surface area contributed by atoms with Crippen LogP contribution in [0.15, 0.2) is 24.3 Å². The van der Waals surface area contributed by atoms with Gasteiger partial charge in [0, 0.05) is 26.3 Å². The Morgan fingerprint density at radius 1 is 1.44 bits per heavy atom. The Morgan fingerprint density at radius 2 is 2.12 bits per heavy atom. The monoisotopic (exact) mass is 224 g/mol. The summed E-state index contributed by atoms with van der Waals surface area (Å²) in [5.74, 6) is 0. The van der Waals surface area contributed by atoms with Gasteiger partial charge in [-0.3, -0.25) is 10.1 Å². The zero-order chi connectivity index (χ0) is 12.0. The van der Waals surface area contributed by atoms with Gasteiger partial charge in [-0.15, -0.1) is 0 Å². The molecular weight excluding hydrogens is 208 g/mol. The molecule has 5 heteroatoms. The molecule has 0 saturated heterocycles. The van der Waals surface area contributed by atoms with E-state index in [-0.39, 0.29) is 10.6 Å². The normalized spacial score (nSPS) is 10.1. The molecule has 0 aliphatic heterocycles. The smallest absolute Gasteiger partial charge is 0.292 e. The van der Waals surface area contributed by atoms with Gasteiger partial charge in [-0.25, -0.2) is 0 Å². The fraction of sp³-hybridized carbons (Fsp3) is 0.455. The van der Waals surface area contributed by atoms with Crippen molar-refractivity contribution in [3.63, 3.8) is 0 Å². The number of nitro benzene ring substituents is 1. The van der Waals surface area contributed by atoms with E-state index in [1.807, 2.05) is 11.8 Å². The lowest BCUT2D eigenvalue weighted by atomic mass is 10.2. The Labute approximate surface area is 94.8 Å². The minimum atomic E-state index is -0.356. The van der Waals surface area contributed by atoms with E-state index in [0.29, 0.717) is 25.4 Å². The van der Waals surface area contributed by atoms with E-state index >= 15 is 0 Å². The molecule has 0 atom stereocenters. The van der Waals surface area contributed by atoms with Crippen LogP contribution < -0.4 is 4.90 Å². The molecule has 0 aliphatic rings. The standard InChI is InChI=1S/C11H16N2O3/c1-3-12(8-9-16-2)10-6-4-5-7-11(10)13(14)15/h4-7H,3,8-9H2,1-2H3. The van der Waals surface area contributed by atoms with Crippen LogP contribution in [0, 0.1) is 10.1 Å². The summed E-state index contributed by atoms with van der Waals surface area (Å²) in [4.78, 5) is 12.4. The molecule has 0 heterocycles. The van der Waals surface area contributed by atoms with E-state index in [1.54, 1.807) is 25.3 Å². The van der Waals surface area contributed by atoms with Crippen molar-refractivity contribution in [2.45, 2.75) is 6.92 Å². The fourth-order valence-corrected chi connectivity index (χ4v) is 1.54. The molecule has 16 heavy (non-hydrogen) atoms. The highest BCUT2D eigenvalue weighted by Gasteiger charge is 2.16. The fourth-order valence-electron chi connectivity index (χ4n) is 1.54. The molecule has 1 aromatic rings. The lowest BCUT2D eigenvalue weighted by molar-refractivity contribution is -0.384. The Kier molecular flexibility index (Phi) is 4.72. The van der Waals surface area contributed by atoms with Crippen LogP contribution in [0.25, 0.3) is 0 Å². The second-order valence-electron chi connectivity index (χ2n) is 3.32. The second-order valence-corrected chi connectivity index (χ2v) is 3.32. The van der Waals surface area contributed by atoms with Crippen molar-refractivity contribution in [1.82, 2.24) is 0 Å². The Morgan fingerprint density at radius 3 is 2.69 bits per heavy atom. The molecule has 0 aromatic heterocycles. The summed E-state index contributed by atoms with van der Waals surface area (Å²) in [7, 11) is 1.62. The van der Waals surface area contributed by atoms with E-state index < -0.39 is 0 Å². The van der Waals surface area contributed by atoms with E-state index in [2.05, 4.69) is 0 Å². The summed E-state index contributed by atoms with van der Waals surface area (Å²) < 4.78 is 4.98. The molecule has 0 unspecified atom stereocenters. The highest BCUT2D eigenvalue weighted by atomic mass is 16.6. The number of hydrogen-bond donors (Lipinski definition) is 0. The summed E-state index contributed by atoms with van der Waals surface area (Å²) >= 11 is 0. The molecule has 0 saturated carbocycles. The number of benzene rings is 1. The number of nitro groups is 1. The highest BCUT2D eigenvalue weighted by Crippen LogP contribution is 2.26. The number of ether oxygens (including phenoxy) is 1. The van der Waals surface area contributed by atoms with Crippen LogP contribution in [-0.2, 0) is 4.74 Å². The third-order valence-electron chi connectivity index (χ3n) is 2.37. The van der Waals surface area contributed by atoms with Gasteiger partial charge in [-0.1, -0.05) is 12.1 Å². The molecule has 5 nitrogen and oxygen atoms in total. The number of nitrogens with zero attached hydrogens (tertiary/aromatic N) is 2. The van der Waals surface area contributed by atoms with Gasteiger partial charge in [0.05, 0.1) is 11.5 Å².